The van der Waals surface area contributed by atoms with Crippen molar-refractivity contribution in [1.29, 1.82) is 0 Å². The van der Waals surface area contributed by atoms with E-state index < -0.39 is 5.60 Å². The van der Waals surface area contributed by atoms with Gasteiger partial charge in [0.2, 0.25) is 0 Å². The summed E-state index contributed by atoms with van der Waals surface area (Å²) < 4.78 is 11.0. The van der Waals surface area contributed by atoms with Gasteiger partial charge in [0.1, 0.15) is 17.2 Å². The van der Waals surface area contributed by atoms with Crippen LogP contribution in [0, 0.1) is 0 Å². The van der Waals surface area contributed by atoms with Gasteiger partial charge in [-0.15, -0.1) is 0 Å². The number of carbonyl (C=O) groups is 1. The number of pyridine rings is 1. The zero-order valence-corrected chi connectivity index (χ0v) is 22.4. The molecule has 0 radical (unpaired) electrons. The van der Waals surface area contributed by atoms with Crippen molar-refractivity contribution >= 4 is 34.8 Å². The summed E-state index contributed by atoms with van der Waals surface area (Å²) in [6.07, 6.45) is 1.51. The first-order valence-corrected chi connectivity index (χ1v) is 13.1. The van der Waals surface area contributed by atoms with E-state index in [0.717, 1.165) is 54.9 Å². The Morgan fingerprint density at radius 2 is 1.71 bits per heavy atom. The van der Waals surface area contributed by atoms with Crippen LogP contribution >= 0.6 is 0 Å². The molecular weight excluding hydrogens is 482 g/mol. The Morgan fingerprint density at radius 1 is 1.00 bits per heavy atom. The number of amides is 1. The van der Waals surface area contributed by atoms with Crippen LogP contribution < -0.4 is 20.9 Å². The Labute approximate surface area is 223 Å². The summed E-state index contributed by atoms with van der Waals surface area (Å²) in [6, 6.07) is 14.3. The van der Waals surface area contributed by atoms with Gasteiger partial charge in [0, 0.05) is 68.1 Å². The number of aromatic amines is 1. The van der Waals surface area contributed by atoms with Crippen molar-refractivity contribution < 1.29 is 14.3 Å². The molecule has 0 bridgehead atoms. The van der Waals surface area contributed by atoms with Gasteiger partial charge in [-0.05, 0) is 63.2 Å². The predicted octanol–water partition coefficient (Wildman–Crippen LogP) is 4.30. The number of morpholine rings is 1. The van der Waals surface area contributed by atoms with Gasteiger partial charge in [0.25, 0.3) is 0 Å². The van der Waals surface area contributed by atoms with Crippen molar-refractivity contribution in [3.8, 4) is 11.3 Å². The van der Waals surface area contributed by atoms with Crippen LogP contribution in [-0.4, -0.2) is 79.0 Å². The van der Waals surface area contributed by atoms with Crippen molar-refractivity contribution in [2.75, 3.05) is 73.3 Å². The number of ether oxygens (including phenoxy) is 2. The zero-order valence-electron chi connectivity index (χ0n) is 22.4. The minimum Gasteiger partial charge on any atom is -0.444 e. The Kier molecular flexibility index (Phi) is 7.33. The highest BCUT2D eigenvalue weighted by Gasteiger charge is 2.27. The van der Waals surface area contributed by atoms with Gasteiger partial charge in [0.15, 0.2) is 0 Å². The van der Waals surface area contributed by atoms with E-state index in [1.807, 2.05) is 39.0 Å². The van der Waals surface area contributed by atoms with Gasteiger partial charge in [-0.3, -0.25) is 0 Å². The number of anilines is 5. The number of nitrogens with one attached hydrogen (secondary N) is 2. The van der Waals surface area contributed by atoms with Crippen molar-refractivity contribution in [2.45, 2.75) is 26.4 Å². The standard InChI is InChI=1S/C28H37N7O3/c1-28(2,3)38-27(36)35-12-10-34(11-13-35)26-23(29)19-24(32-26)20-8-9-30-25(18-20)31-21-4-6-22(7-5-21)33-14-16-37-17-15-33/h4-9,18-19,32H,10-17,29H2,1-3H3,(H,30,31). The number of nitrogens with two attached hydrogens (primary N) is 1. The lowest BCUT2D eigenvalue weighted by Crippen LogP contribution is -2.50. The van der Waals surface area contributed by atoms with E-state index in [1.54, 1.807) is 11.1 Å². The average molecular weight is 520 g/mol. The smallest absolute Gasteiger partial charge is 0.410 e. The highest BCUT2D eigenvalue weighted by Crippen LogP contribution is 2.31. The topological polar surface area (TPSA) is 112 Å². The van der Waals surface area contributed by atoms with E-state index in [0.29, 0.717) is 31.9 Å². The van der Waals surface area contributed by atoms with Crippen LogP contribution in [0.4, 0.5) is 33.5 Å². The Balaban J connectivity index is 1.22. The molecule has 202 valence electrons. The summed E-state index contributed by atoms with van der Waals surface area (Å²) in [4.78, 5) is 26.6. The summed E-state index contributed by atoms with van der Waals surface area (Å²) in [7, 11) is 0. The molecule has 1 amide bonds. The number of rotatable bonds is 5. The average Bonchev–Trinajstić information content (AvgIpc) is 3.30. The first-order valence-electron chi connectivity index (χ1n) is 13.1. The second-order valence-corrected chi connectivity index (χ2v) is 10.6. The quantitative estimate of drug-likeness (QED) is 0.458. The third-order valence-corrected chi connectivity index (χ3v) is 6.66. The van der Waals surface area contributed by atoms with Gasteiger partial charge in [0.05, 0.1) is 18.9 Å². The van der Waals surface area contributed by atoms with Gasteiger partial charge >= 0.3 is 6.09 Å². The van der Waals surface area contributed by atoms with Crippen LogP contribution in [0.5, 0.6) is 0 Å². The molecule has 2 fully saturated rings. The van der Waals surface area contributed by atoms with Crippen molar-refractivity contribution in [1.82, 2.24) is 14.9 Å². The highest BCUT2D eigenvalue weighted by atomic mass is 16.6. The van der Waals surface area contributed by atoms with E-state index in [2.05, 4.69) is 49.4 Å². The number of nitrogens with zero attached hydrogens (tertiary/aromatic N) is 4. The number of hydrogen-bond donors (Lipinski definition) is 3. The fraction of sp³-hybridized carbons (Fsp3) is 0.429. The van der Waals surface area contributed by atoms with Gasteiger partial charge in [-0.1, -0.05) is 0 Å². The molecule has 1 aromatic carbocycles. The molecular formula is C28H37N7O3. The van der Waals surface area contributed by atoms with Crippen LogP contribution in [0.15, 0.2) is 48.7 Å². The number of aromatic nitrogens is 2. The maximum absolute atomic E-state index is 12.4. The van der Waals surface area contributed by atoms with Crippen LogP contribution in [-0.2, 0) is 9.47 Å². The molecule has 4 N–H and O–H groups in total. The molecule has 10 nitrogen and oxygen atoms in total. The number of carbonyl (C=O) groups excluding carboxylic acids is 1. The van der Waals surface area contributed by atoms with Gasteiger partial charge in [-0.2, -0.15) is 0 Å². The van der Waals surface area contributed by atoms with E-state index >= 15 is 0 Å². The lowest BCUT2D eigenvalue weighted by molar-refractivity contribution is 0.0240. The Bertz CT molecular complexity index is 1240. The van der Waals surface area contributed by atoms with Crippen molar-refractivity contribution in [3.63, 3.8) is 0 Å². The number of benzene rings is 1. The second-order valence-electron chi connectivity index (χ2n) is 10.6. The third kappa shape index (κ3) is 6.13. The molecule has 2 aliphatic rings. The van der Waals surface area contributed by atoms with Crippen molar-refractivity contribution in [2.24, 2.45) is 0 Å². The first-order chi connectivity index (χ1) is 18.2. The van der Waals surface area contributed by atoms with Gasteiger partial charge < -0.3 is 40.2 Å². The molecule has 4 heterocycles. The normalized spacial score (nSPS) is 16.4. The van der Waals surface area contributed by atoms with E-state index in [-0.39, 0.29) is 6.09 Å². The van der Waals surface area contributed by atoms with Crippen LogP contribution in [0.25, 0.3) is 11.3 Å². The Morgan fingerprint density at radius 3 is 2.39 bits per heavy atom. The molecule has 38 heavy (non-hydrogen) atoms. The molecule has 0 unspecified atom stereocenters. The molecule has 0 atom stereocenters. The Hall–Kier alpha value is -3.92. The summed E-state index contributed by atoms with van der Waals surface area (Å²) >= 11 is 0. The van der Waals surface area contributed by atoms with Gasteiger partial charge in [-0.25, -0.2) is 9.78 Å². The number of H-pyrrole nitrogens is 1. The summed E-state index contributed by atoms with van der Waals surface area (Å²) in [5, 5.41) is 3.40. The number of piperazine rings is 1. The molecule has 2 aromatic heterocycles. The third-order valence-electron chi connectivity index (χ3n) is 6.66. The van der Waals surface area contributed by atoms with E-state index in [4.69, 9.17) is 15.2 Å². The molecule has 3 aromatic rings. The molecule has 0 saturated carbocycles. The largest absolute Gasteiger partial charge is 0.444 e. The maximum atomic E-state index is 12.4. The van der Waals surface area contributed by atoms with E-state index in [1.165, 1.54) is 5.69 Å². The molecule has 0 aliphatic carbocycles. The number of hydrogen-bond acceptors (Lipinski definition) is 8. The molecule has 5 rings (SSSR count). The monoisotopic (exact) mass is 519 g/mol. The van der Waals surface area contributed by atoms with Crippen LogP contribution in [0.3, 0.4) is 0 Å². The lowest BCUT2D eigenvalue weighted by atomic mass is 10.2. The zero-order chi connectivity index (χ0) is 26.7. The fourth-order valence-corrected chi connectivity index (χ4v) is 4.71. The number of nitrogen functional groups attached to an aromatic ring is 1. The van der Waals surface area contributed by atoms with Crippen molar-refractivity contribution in [3.05, 3.63) is 48.7 Å². The predicted molar refractivity (Wildman–Crippen MR) is 151 cm³/mol. The summed E-state index contributed by atoms with van der Waals surface area (Å²) in [5.74, 6) is 1.62. The molecule has 2 saturated heterocycles. The molecule has 2 aliphatic heterocycles. The summed E-state index contributed by atoms with van der Waals surface area (Å²) in [6.45, 7) is 11.5. The lowest BCUT2D eigenvalue weighted by Gasteiger charge is -2.36. The minimum absolute atomic E-state index is 0.273. The van der Waals surface area contributed by atoms with E-state index in [9.17, 15) is 4.79 Å². The SMILES string of the molecule is CC(C)(C)OC(=O)N1CCN(c2[nH]c(-c3ccnc(Nc4ccc(N5CCOCC5)cc4)c3)cc2N)CC1. The first kappa shape index (κ1) is 25.7. The summed E-state index contributed by atoms with van der Waals surface area (Å²) in [5.41, 5.74) is 10.6. The minimum atomic E-state index is -0.502. The van der Waals surface area contributed by atoms with Crippen LogP contribution in [0.1, 0.15) is 20.8 Å². The molecule has 10 heteroatoms. The van der Waals surface area contributed by atoms with Crippen LogP contribution in [0.2, 0.25) is 0 Å². The maximum Gasteiger partial charge on any atom is 0.410 e. The second kappa shape index (κ2) is 10.8. The fourth-order valence-electron chi connectivity index (χ4n) is 4.71. The molecule has 0 spiro atoms. The highest BCUT2D eigenvalue weighted by molar-refractivity contribution is 5.77.